The zero-order valence-corrected chi connectivity index (χ0v) is 9.32. The molecule has 0 amide bonds. The van der Waals surface area contributed by atoms with Crippen molar-refractivity contribution in [2.75, 3.05) is 6.26 Å². The molecule has 64 valence electrons. The van der Waals surface area contributed by atoms with Crippen LogP contribution in [-0.4, -0.2) is 17.0 Å². The van der Waals surface area contributed by atoms with E-state index in [9.17, 15) is 0 Å². The molecule has 1 aromatic rings. The van der Waals surface area contributed by atoms with Gasteiger partial charge in [0.2, 0.25) is 0 Å². The van der Waals surface area contributed by atoms with Gasteiger partial charge < -0.3 is 0 Å². The van der Waals surface area contributed by atoms with Gasteiger partial charge in [0.15, 0.2) is 0 Å². The van der Waals surface area contributed by atoms with Crippen LogP contribution in [0.3, 0.4) is 0 Å². The highest BCUT2D eigenvalue weighted by atomic mass is 79.9. The molecule has 0 aliphatic rings. The monoisotopic (exact) mass is 244 g/mol. The first-order valence-electron chi connectivity index (χ1n) is 3.43. The fraction of sp³-hybridized carbons (Fsp3) is 0.250. The number of hydrogen-bond donors (Lipinski definition) is 0. The second-order valence-corrected chi connectivity index (χ2v) is 3.68. The lowest BCUT2D eigenvalue weighted by molar-refractivity contribution is 1.27. The van der Waals surface area contributed by atoms with E-state index in [2.05, 4.69) is 25.3 Å². The summed E-state index contributed by atoms with van der Waals surface area (Å²) in [6, 6.07) is 3.85. The fourth-order valence-electron chi connectivity index (χ4n) is 0.786. The maximum atomic E-state index is 4.19. The maximum absolute atomic E-state index is 4.19. The Morgan fingerprint density at radius 3 is 3.00 bits per heavy atom. The van der Waals surface area contributed by atoms with Crippen LogP contribution in [0, 0.1) is 0 Å². The van der Waals surface area contributed by atoms with E-state index in [0.717, 1.165) is 15.9 Å². The summed E-state index contributed by atoms with van der Waals surface area (Å²) in [6.07, 6.45) is 3.69. The highest BCUT2D eigenvalue weighted by Crippen LogP contribution is 2.11. The average molecular weight is 245 g/mol. The highest BCUT2D eigenvalue weighted by Gasteiger charge is 1.98. The molecule has 1 aromatic heterocycles. The second-order valence-electron chi connectivity index (χ2n) is 2.22. The van der Waals surface area contributed by atoms with Crippen LogP contribution in [0.2, 0.25) is 0 Å². The Morgan fingerprint density at radius 2 is 2.42 bits per heavy atom. The van der Waals surface area contributed by atoms with Crippen molar-refractivity contribution < 1.29 is 0 Å². The minimum absolute atomic E-state index is 0.915. The molecule has 4 heteroatoms. The van der Waals surface area contributed by atoms with Crippen LogP contribution < -0.4 is 0 Å². The summed E-state index contributed by atoms with van der Waals surface area (Å²) < 4.78 is 5.22. The lowest BCUT2D eigenvalue weighted by Gasteiger charge is -1.98. The molecule has 12 heavy (non-hydrogen) atoms. The molecule has 0 atom stereocenters. The Hall–Kier alpha value is -0.350. The molecule has 0 fully saturated rings. The molecule has 0 unspecified atom stereocenters. The third-order valence-corrected chi connectivity index (χ3v) is 2.27. The zero-order chi connectivity index (χ0) is 8.97. The lowest BCUT2D eigenvalue weighted by atomic mass is 10.3. The molecule has 0 N–H and O–H groups in total. The van der Waals surface area contributed by atoms with E-state index in [1.165, 1.54) is 11.9 Å². The smallest absolute Gasteiger partial charge is 0.0859 e. The molecular formula is C8H9BrN2S. The van der Waals surface area contributed by atoms with Crippen LogP contribution in [0.5, 0.6) is 0 Å². The van der Waals surface area contributed by atoms with Gasteiger partial charge in [-0.1, -0.05) is 15.9 Å². The van der Waals surface area contributed by atoms with Gasteiger partial charge in [-0.2, -0.15) is 0 Å². The Balaban J connectivity index is 2.95. The lowest BCUT2D eigenvalue weighted by Crippen LogP contribution is -1.96. The van der Waals surface area contributed by atoms with E-state index in [1.54, 1.807) is 6.20 Å². The molecular weight excluding hydrogens is 236 g/mol. The first-order chi connectivity index (χ1) is 5.74. The van der Waals surface area contributed by atoms with Gasteiger partial charge >= 0.3 is 0 Å². The van der Waals surface area contributed by atoms with Crippen LogP contribution in [0.15, 0.2) is 27.2 Å². The largest absolute Gasteiger partial charge is 0.255 e. The highest BCUT2D eigenvalue weighted by molar-refractivity contribution is 9.10. The van der Waals surface area contributed by atoms with Crippen molar-refractivity contribution in [2.24, 2.45) is 4.40 Å². The molecule has 1 rings (SSSR count). The molecule has 2 nitrogen and oxygen atoms in total. The molecule has 0 spiro atoms. The van der Waals surface area contributed by atoms with Gasteiger partial charge in [0, 0.05) is 16.9 Å². The SMILES string of the molecule is CS/N=C(\C)c1cc(Br)ccn1. The van der Waals surface area contributed by atoms with Crippen molar-refractivity contribution in [1.82, 2.24) is 4.98 Å². The Morgan fingerprint density at radius 1 is 1.67 bits per heavy atom. The summed E-state index contributed by atoms with van der Waals surface area (Å²) in [4.78, 5) is 4.18. The Kier molecular flexibility index (Phi) is 3.75. The molecule has 0 radical (unpaired) electrons. The number of halogens is 1. The fourth-order valence-corrected chi connectivity index (χ4v) is 1.49. The Labute approximate surface area is 84.8 Å². The zero-order valence-electron chi connectivity index (χ0n) is 6.91. The van der Waals surface area contributed by atoms with Crippen LogP contribution in [0.1, 0.15) is 12.6 Å². The van der Waals surface area contributed by atoms with Gasteiger partial charge in [-0.25, -0.2) is 4.40 Å². The first kappa shape index (κ1) is 9.74. The predicted molar refractivity (Wildman–Crippen MR) is 57.7 cm³/mol. The summed E-state index contributed by atoms with van der Waals surface area (Å²) in [5.74, 6) is 0. The summed E-state index contributed by atoms with van der Waals surface area (Å²) in [5.41, 5.74) is 1.86. The van der Waals surface area contributed by atoms with Crippen LogP contribution in [-0.2, 0) is 0 Å². The van der Waals surface area contributed by atoms with E-state index in [4.69, 9.17) is 0 Å². The van der Waals surface area contributed by atoms with E-state index in [0.29, 0.717) is 0 Å². The topological polar surface area (TPSA) is 25.2 Å². The van der Waals surface area contributed by atoms with Crippen molar-refractivity contribution in [3.05, 3.63) is 28.5 Å². The summed E-state index contributed by atoms with van der Waals surface area (Å²) in [7, 11) is 0. The van der Waals surface area contributed by atoms with Gasteiger partial charge in [-0.05, 0) is 31.0 Å². The van der Waals surface area contributed by atoms with Crippen LogP contribution in [0.4, 0.5) is 0 Å². The molecule has 0 bridgehead atoms. The molecule has 0 aromatic carbocycles. The van der Waals surface area contributed by atoms with E-state index in [1.807, 2.05) is 25.3 Å². The minimum atomic E-state index is 0.915. The quantitative estimate of drug-likeness (QED) is 0.591. The molecule has 0 aliphatic heterocycles. The first-order valence-corrected chi connectivity index (χ1v) is 5.41. The predicted octanol–water partition coefficient (Wildman–Crippen LogP) is 2.93. The number of pyridine rings is 1. The molecule has 1 heterocycles. The summed E-state index contributed by atoms with van der Waals surface area (Å²) in [6.45, 7) is 1.95. The number of aromatic nitrogens is 1. The molecule has 0 saturated heterocycles. The summed E-state index contributed by atoms with van der Waals surface area (Å²) in [5, 5.41) is 0. The number of nitrogens with zero attached hydrogens (tertiary/aromatic N) is 2. The minimum Gasteiger partial charge on any atom is -0.255 e. The van der Waals surface area contributed by atoms with Gasteiger partial charge in [-0.3, -0.25) is 4.98 Å². The van der Waals surface area contributed by atoms with Crippen molar-refractivity contribution in [2.45, 2.75) is 6.92 Å². The van der Waals surface area contributed by atoms with E-state index >= 15 is 0 Å². The van der Waals surface area contributed by atoms with Crippen molar-refractivity contribution in [3.63, 3.8) is 0 Å². The average Bonchev–Trinajstić information content (AvgIpc) is 2.05. The van der Waals surface area contributed by atoms with Crippen molar-refractivity contribution in [1.29, 1.82) is 0 Å². The van der Waals surface area contributed by atoms with Crippen LogP contribution in [0.25, 0.3) is 0 Å². The molecule has 0 saturated carbocycles. The maximum Gasteiger partial charge on any atom is 0.0859 e. The van der Waals surface area contributed by atoms with Gasteiger partial charge in [0.1, 0.15) is 0 Å². The standard InChI is InChI=1S/C8H9BrN2S/c1-6(11-12-2)8-5-7(9)3-4-10-8/h3-5H,1-2H3/b11-6+. The van der Waals surface area contributed by atoms with Gasteiger partial charge in [0.25, 0.3) is 0 Å². The van der Waals surface area contributed by atoms with E-state index in [-0.39, 0.29) is 0 Å². The summed E-state index contributed by atoms with van der Waals surface area (Å²) >= 11 is 4.82. The van der Waals surface area contributed by atoms with Crippen molar-refractivity contribution >= 4 is 33.6 Å². The van der Waals surface area contributed by atoms with E-state index < -0.39 is 0 Å². The third kappa shape index (κ3) is 2.60. The number of hydrogen-bond acceptors (Lipinski definition) is 3. The normalized spacial score (nSPS) is 11.8. The van der Waals surface area contributed by atoms with Gasteiger partial charge in [0.05, 0.1) is 11.4 Å². The number of rotatable bonds is 2. The second kappa shape index (κ2) is 4.62. The van der Waals surface area contributed by atoms with Crippen molar-refractivity contribution in [3.8, 4) is 0 Å². The van der Waals surface area contributed by atoms with Crippen LogP contribution >= 0.6 is 27.9 Å². The molecule has 0 aliphatic carbocycles. The third-order valence-electron chi connectivity index (χ3n) is 1.32. The Bertz CT molecular complexity index is 299. The van der Waals surface area contributed by atoms with Gasteiger partial charge in [-0.15, -0.1) is 0 Å².